The zero-order valence-corrected chi connectivity index (χ0v) is 18.1. The Morgan fingerprint density at radius 2 is 1.71 bits per heavy atom. The Kier molecular flexibility index (Phi) is 6.99. The van der Waals surface area contributed by atoms with Crippen molar-refractivity contribution in [3.05, 3.63) is 65.2 Å². The largest absolute Gasteiger partial charge is 0.497 e. The summed E-state index contributed by atoms with van der Waals surface area (Å²) in [6, 6.07) is 13.7. The quantitative estimate of drug-likeness (QED) is 0.567. The van der Waals surface area contributed by atoms with Gasteiger partial charge in [0.05, 0.1) is 7.11 Å². The molecule has 0 spiro atoms. The first-order valence-corrected chi connectivity index (χ1v) is 10.1. The van der Waals surface area contributed by atoms with Crippen molar-refractivity contribution in [2.45, 2.75) is 0 Å². The van der Waals surface area contributed by atoms with Gasteiger partial charge >= 0.3 is 5.97 Å². The highest BCUT2D eigenvalue weighted by Gasteiger charge is 2.15. The first-order valence-electron chi connectivity index (χ1n) is 9.26. The second-order valence-electron chi connectivity index (χ2n) is 6.67. The molecule has 2 aromatic carbocycles. The number of aromatic nitrogens is 1. The first kappa shape index (κ1) is 22.0. The highest BCUT2D eigenvalue weighted by molar-refractivity contribution is 7.13. The molecule has 0 unspecified atom stereocenters. The minimum absolute atomic E-state index is 0.134. The molecule has 0 aliphatic carbocycles. The standard InChI is InChI=1S/C22H21N3O5S/c1-25(2)21(27)15-4-8-16(9-5-15)23-19(26)12-30-22(28)18-13-31-20(24-18)14-6-10-17(29-3)11-7-14/h4-11,13H,12H2,1-3H3,(H,23,26). The van der Waals surface area contributed by atoms with E-state index in [2.05, 4.69) is 10.3 Å². The lowest BCUT2D eigenvalue weighted by atomic mass is 10.2. The molecule has 0 bridgehead atoms. The lowest BCUT2D eigenvalue weighted by Gasteiger charge is -2.11. The summed E-state index contributed by atoms with van der Waals surface area (Å²) >= 11 is 1.30. The normalized spacial score (nSPS) is 10.3. The van der Waals surface area contributed by atoms with Crippen LogP contribution in [0.4, 0.5) is 5.69 Å². The molecule has 0 saturated carbocycles. The summed E-state index contributed by atoms with van der Waals surface area (Å²) in [5.41, 5.74) is 1.98. The zero-order chi connectivity index (χ0) is 22.4. The maximum atomic E-state index is 12.2. The molecule has 1 heterocycles. The molecule has 0 fully saturated rings. The molecule has 1 aromatic heterocycles. The fourth-order valence-corrected chi connectivity index (χ4v) is 3.39. The molecule has 3 rings (SSSR count). The molecule has 1 N–H and O–H groups in total. The van der Waals surface area contributed by atoms with Gasteiger partial charge in [-0.25, -0.2) is 9.78 Å². The number of carbonyl (C=O) groups is 3. The highest BCUT2D eigenvalue weighted by atomic mass is 32.1. The van der Waals surface area contributed by atoms with E-state index in [1.54, 1.807) is 50.9 Å². The first-order chi connectivity index (χ1) is 14.9. The van der Waals surface area contributed by atoms with Crippen molar-refractivity contribution in [1.29, 1.82) is 0 Å². The summed E-state index contributed by atoms with van der Waals surface area (Å²) in [5, 5.41) is 4.86. The van der Waals surface area contributed by atoms with Gasteiger partial charge < -0.3 is 19.7 Å². The van der Waals surface area contributed by atoms with Crippen LogP contribution in [0.3, 0.4) is 0 Å². The fraction of sp³-hybridized carbons (Fsp3) is 0.182. The number of hydrogen-bond acceptors (Lipinski definition) is 7. The van der Waals surface area contributed by atoms with Gasteiger partial charge in [0.25, 0.3) is 11.8 Å². The SMILES string of the molecule is COc1ccc(-c2nc(C(=O)OCC(=O)Nc3ccc(C(=O)N(C)C)cc3)cs2)cc1. The van der Waals surface area contributed by atoms with Crippen LogP contribution in [0.2, 0.25) is 0 Å². The topological polar surface area (TPSA) is 97.8 Å². The van der Waals surface area contributed by atoms with E-state index in [9.17, 15) is 14.4 Å². The van der Waals surface area contributed by atoms with E-state index in [4.69, 9.17) is 9.47 Å². The van der Waals surface area contributed by atoms with Crippen LogP contribution in [0.15, 0.2) is 53.9 Å². The van der Waals surface area contributed by atoms with Crippen molar-refractivity contribution in [2.75, 3.05) is 33.1 Å². The van der Waals surface area contributed by atoms with Crippen LogP contribution in [0.25, 0.3) is 10.6 Å². The highest BCUT2D eigenvalue weighted by Crippen LogP contribution is 2.26. The number of benzene rings is 2. The molecule has 160 valence electrons. The number of esters is 1. The summed E-state index contributed by atoms with van der Waals surface area (Å²) in [7, 11) is 4.91. The number of ether oxygens (including phenoxy) is 2. The van der Waals surface area contributed by atoms with Crippen molar-refractivity contribution >= 4 is 34.8 Å². The van der Waals surface area contributed by atoms with Gasteiger partial charge in [-0.05, 0) is 48.5 Å². The number of anilines is 1. The van der Waals surface area contributed by atoms with Crippen molar-refractivity contribution in [3.8, 4) is 16.3 Å². The number of nitrogens with one attached hydrogen (secondary N) is 1. The Labute approximate surface area is 183 Å². The van der Waals surface area contributed by atoms with Gasteiger partial charge in [-0.15, -0.1) is 11.3 Å². The van der Waals surface area contributed by atoms with Crippen LogP contribution in [-0.4, -0.2) is 55.5 Å². The van der Waals surface area contributed by atoms with Crippen molar-refractivity contribution < 1.29 is 23.9 Å². The monoisotopic (exact) mass is 439 g/mol. The van der Waals surface area contributed by atoms with E-state index in [0.717, 1.165) is 11.3 Å². The van der Waals surface area contributed by atoms with E-state index in [-0.39, 0.29) is 11.6 Å². The maximum Gasteiger partial charge on any atom is 0.358 e. The minimum Gasteiger partial charge on any atom is -0.497 e. The third-order valence-electron chi connectivity index (χ3n) is 4.21. The molecule has 0 aliphatic heterocycles. The predicted octanol–water partition coefficient (Wildman–Crippen LogP) is 3.32. The summed E-state index contributed by atoms with van der Waals surface area (Å²) in [6.45, 7) is -0.452. The predicted molar refractivity (Wildman–Crippen MR) is 117 cm³/mol. The third-order valence-corrected chi connectivity index (χ3v) is 5.10. The van der Waals surface area contributed by atoms with Gasteiger partial charge in [-0.1, -0.05) is 0 Å². The van der Waals surface area contributed by atoms with Gasteiger partial charge in [0.2, 0.25) is 0 Å². The van der Waals surface area contributed by atoms with Crippen molar-refractivity contribution in [1.82, 2.24) is 9.88 Å². The Hall–Kier alpha value is -3.72. The van der Waals surface area contributed by atoms with Crippen LogP contribution in [0.1, 0.15) is 20.8 Å². The number of amides is 2. The molecule has 0 aliphatic rings. The summed E-state index contributed by atoms with van der Waals surface area (Å²) in [6.07, 6.45) is 0. The van der Waals surface area contributed by atoms with Gasteiger partial charge in [0.1, 0.15) is 10.8 Å². The van der Waals surface area contributed by atoms with E-state index < -0.39 is 18.5 Å². The van der Waals surface area contributed by atoms with Gasteiger partial charge in [0, 0.05) is 36.3 Å². The van der Waals surface area contributed by atoms with Gasteiger partial charge in [0.15, 0.2) is 12.3 Å². The zero-order valence-electron chi connectivity index (χ0n) is 17.2. The van der Waals surface area contributed by atoms with E-state index in [1.165, 1.54) is 16.2 Å². The number of hydrogen-bond donors (Lipinski definition) is 1. The summed E-state index contributed by atoms with van der Waals surface area (Å²) < 4.78 is 10.2. The van der Waals surface area contributed by atoms with Crippen LogP contribution in [0.5, 0.6) is 5.75 Å². The smallest absolute Gasteiger partial charge is 0.358 e. The average Bonchev–Trinajstić information content (AvgIpc) is 3.28. The maximum absolute atomic E-state index is 12.2. The molecule has 0 saturated heterocycles. The van der Waals surface area contributed by atoms with Gasteiger partial charge in [-0.2, -0.15) is 0 Å². The Balaban J connectivity index is 1.53. The average molecular weight is 439 g/mol. The number of rotatable bonds is 7. The van der Waals surface area contributed by atoms with E-state index in [1.807, 2.05) is 24.3 Å². The molecule has 31 heavy (non-hydrogen) atoms. The molecule has 3 aromatic rings. The van der Waals surface area contributed by atoms with Crippen LogP contribution in [0, 0.1) is 0 Å². The van der Waals surface area contributed by atoms with Gasteiger partial charge in [-0.3, -0.25) is 9.59 Å². The molecule has 0 atom stereocenters. The lowest BCUT2D eigenvalue weighted by Crippen LogP contribution is -2.22. The molecular weight excluding hydrogens is 418 g/mol. The minimum atomic E-state index is -0.682. The van der Waals surface area contributed by atoms with Crippen molar-refractivity contribution in [3.63, 3.8) is 0 Å². The second-order valence-corrected chi connectivity index (χ2v) is 7.53. The van der Waals surface area contributed by atoms with Crippen LogP contribution in [-0.2, 0) is 9.53 Å². The van der Waals surface area contributed by atoms with Crippen LogP contribution >= 0.6 is 11.3 Å². The van der Waals surface area contributed by atoms with E-state index >= 15 is 0 Å². The summed E-state index contributed by atoms with van der Waals surface area (Å²) in [4.78, 5) is 41.9. The fourth-order valence-electron chi connectivity index (χ4n) is 2.59. The molecule has 0 radical (unpaired) electrons. The van der Waals surface area contributed by atoms with E-state index in [0.29, 0.717) is 16.3 Å². The Morgan fingerprint density at radius 1 is 1.03 bits per heavy atom. The summed E-state index contributed by atoms with van der Waals surface area (Å²) in [5.74, 6) is -0.585. The third kappa shape index (κ3) is 5.67. The number of nitrogens with zero attached hydrogens (tertiary/aromatic N) is 2. The second kappa shape index (κ2) is 9.86. The number of carbonyl (C=O) groups excluding carboxylic acids is 3. The Bertz CT molecular complexity index is 1080. The molecular formula is C22H21N3O5S. The van der Waals surface area contributed by atoms with Crippen LogP contribution < -0.4 is 10.1 Å². The molecule has 9 heteroatoms. The Morgan fingerprint density at radius 3 is 2.32 bits per heavy atom. The number of thiazole rings is 1. The lowest BCUT2D eigenvalue weighted by molar-refractivity contribution is -0.119. The number of methoxy groups -OCH3 is 1. The van der Waals surface area contributed by atoms with Crippen molar-refractivity contribution in [2.24, 2.45) is 0 Å². The molecule has 8 nitrogen and oxygen atoms in total. The molecule has 2 amide bonds.